The number of nitrogens with two attached hydrogens (primary N) is 1. The van der Waals surface area contributed by atoms with Crippen molar-refractivity contribution in [2.45, 2.75) is 32.7 Å². The van der Waals surface area contributed by atoms with Gasteiger partial charge in [0.1, 0.15) is 17.0 Å². The third-order valence-electron chi connectivity index (χ3n) is 2.72. The number of hydrogen-bond donors (Lipinski definition) is 2. The first-order chi connectivity index (χ1) is 8.24. The van der Waals surface area contributed by atoms with Crippen molar-refractivity contribution in [2.24, 2.45) is 5.73 Å². The van der Waals surface area contributed by atoms with Crippen LogP contribution < -0.4 is 11.1 Å². The Bertz CT molecular complexity index is 494. The molecule has 2 aromatic heterocycles. The molecular weight excluding hydrogens is 232 g/mol. The normalized spacial score (nSPS) is 12.9. The summed E-state index contributed by atoms with van der Waals surface area (Å²) in [5.41, 5.74) is 5.75. The van der Waals surface area contributed by atoms with E-state index in [1.165, 1.54) is 4.88 Å². The van der Waals surface area contributed by atoms with Gasteiger partial charge in [0, 0.05) is 17.5 Å². The fraction of sp³-hybridized carbons (Fsp3) is 0.500. The van der Waals surface area contributed by atoms with Crippen molar-refractivity contribution in [1.82, 2.24) is 9.97 Å². The van der Waals surface area contributed by atoms with E-state index in [1.807, 2.05) is 0 Å². The molecule has 0 saturated carbocycles. The topological polar surface area (TPSA) is 63.8 Å². The minimum absolute atomic E-state index is 0.290. The zero-order chi connectivity index (χ0) is 12.3. The van der Waals surface area contributed by atoms with E-state index in [9.17, 15) is 0 Å². The highest BCUT2D eigenvalue weighted by molar-refractivity contribution is 7.18. The molecule has 2 aromatic rings. The Kier molecular flexibility index (Phi) is 3.91. The molecule has 1 atom stereocenters. The maximum absolute atomic E-state index is 5.75. The highest BCUT2D eigenvalue weighted by Gasteiger charge is 2.10. The van der Waals surface area contributed by atoms with Gasteiger partial charge in [0.25, 0.3) is 0 Å². The molecule has 0 spiro atoms. The largest absolute Gasteiger partial charge is 0.365 e. The number of fused-ring (bicyclic) bond motifs is 1. The summed E-state index contributed by atoms with van der Waals surface area (Å²) in [5.74, 6) is 0.906. The van der Waals surface area contributed by atoms with Crippen molar-refractivity contribution < 1.29 is 0 Å². The number of aromatic nitrogens is 2. The second kappa shape index (κ2) is 5.42. The molecule has 3 N–H and O–H groups in total. The second-order valence-electron chi connectivity index (χ2n) is 4.16. The zero-order valence-electron chi connectivity index (χ0n) is 10.2. The van der Waals surface area contributed by atoms with Crippen molar-refractivity contribution >= 4 is 27.4 Å². The van der Waals surface area contributed by atoms with Crippen molar-refractivity contribution in [3.8, 4) is 0 Å². The molecular formula is C12H18N4S. The molecule has 0 aliphatic heterocycles. The number of thiophene rings is 1. The Morgan fingerprint density at radius 3 is 3.00 bits per heavy atom. The summed E-state index contributed by atoms with van der Waals surface area (Å²) < 4.78 is 0. The lowest BCUT2D eigenvalue weighted by Gasteiger charge is -2.16. The third kappa shape index (κ3) is 2.73. The van der Waals surface area contributed by atoms with E-state index in [0.717, 1.165) is 28.9 Å². The van der Waals surface area contributed by atoms with Crippen LogP contribution in [0.3, 0.4) is 0 Å². The Labute approximate surface area is 105 Å². The van der Waals surface area contributed by atoms with Crippen LogP contribution in [-0.2, 0) is 0 Å². The van der Waals surface area contributed by atoms with Gasteiger partial charge in [-0.1, -0.05) is 13.3 Å². The lowest BCUT2D eigenvalue weighted by molar-refractivity contribution is 0.646. The molecule has 17 heavy (non-hydrogen) atoms. The van der Waals surface area contributed by atoms with Gasteiger partial charge in [0.2, 0.25) is 0 Å². The lowest BCUT2D eigenvalue weighted by Crippen LogP contribution is -2.29. The highest BCUT2D eigenvalue weighted by Crippen LogP contribution is 2.27. The number of hydrogen-bond acceptors (Lipinski definition) is 5. The first-order valence-corrected chi connectivity index (χ1v) is 6.74. The van der Waals surface area contributed by atoms with Crippen LogP contribution in [0.15, 0.2) is 12.4 Å². The second-order valence-corrected chi connectivity index (χ2v) is 5.40. The van der Waals surface area contributed by atoms with E-state index in [0.29, 0.717) is 12.6 Å². The van der Waals surface area contributed by atoms with Gasteiger partial charge in [0.05, 0.1) is 5.39 Å². The van der Waals surface area contributed by atoms with Crippen LogP contribution in [0.5, 0.6) is 0 Å². The predicted molar refractivity (Wildman–Crippen MR) is 73.5 cm³/mol. The first-order valence-electron chi connectivity index (χ1n) is 5.92. The number of aryl methyl sites for hydroxylation is 1. The number of nitrogens with one attached hydrogen (secondary N) is 1. The van der Waals surface area contributed by atoms with E-state index in [2.05, 4.69) is 35.2 Å². The summed E-state index contributed by atoms with van der Waals surface area (Å²) in [7, 11) is 0. The molecule has 0 bridgehead atoms. The van der Waals surface area contributed by atoms with Crippen LogP contribution in [0.2, 0.25) is 0 Å². The van der Waals surface area contributed by atoms with Crippen LogP contribution in [-0.4, -0.2) is 22.6 Å². The lowest BCUT2D eigenvalue weighted by atomic mass is 10.1. The highest BCUT2D eigenvalue weighted by atomic mass is 32.1. The van der Waals surface area contributed by atoms with Crippen LogP contribution in [0.1, 0.15) is 24.6 Å². The monoisotopic (exact) mass is 250 g/mol. The van der Waals surface area contributed by atoms with E-state index >= 15 is 0 Å². The molecule has 0 fully saturated rings. The molecule has 0 aromatic carbocycles. The van der Waals surface area contributed by atoms with E-state index in [1.54, 1.807) is 17.7 Å². The van der Waals surface area contributed by atoms with E-state index < -0.39 is 0 Å². The molecule has 0 aliphatic rings. The van der Waals surface area contributed by atoms with Gasteiger partial charge in [-0.2, -0.15) is 0 Å². The molecule has 2 rings (SSSR count). The summed E-state index contributed by atoms with van der Waals surface area (Å²) in [5, 5.41) is 4.52. The smallest absolute Gasteiger partial charge is 0.138 e. The Morgan fingerprint density at radius 2 is 2.29 bits per heavy atom. The Hall–Kier alpha value is -1.20. The van der Waals surface area contributed by atoms with Crippen LogP contribution in [0, 0.1) is 6.92 Å². The van der Waals surface area contributed by atoms with Crippen LogP contribution in [0.4, 0.5) is 5.82 Å². The fourth-order valence-electron chi connectivity index (χ4n) is 1.88. The number of nitrogens with zero attached hydrogens (tertiary/aromatic N) is 2. The number of anilines is 1. The van der Waals surface area contributed by atoms with Crippen LogP contribution >= 0.6 is 11.3 Å². The zero-order valence-corrected chi connectivity index (χ0v) is 11.0. The first kappa shape index (κ1) is 12.3. The average molecular weight is 250 g/mol. The average Bonchev–Trinajstić information content (AvgIpc) is 2.70. The molecule has 1 unspecified atom stereocenters. The predicted octanol–water partition coefficient (Wildman–Crippen LogP) is 2.54. The standard InChI is InChI=1S/C12H18N4S/c1-3-4-9(6-13)16-11-10-5-8(2)17-12(10)15-7-14-11/h5,7,9H,3-4,6,13H2,1-2H3,(H,14,15,16). The number of rotatable bonds is 5. The maximum atomic E-state index is 5.75. The third-order valence-corrected chi connectivity index (χ3v) is 3.67. The molecule has 4 nitrogen and oxygen atoms in total. The van der Waals surface area contributed by atoms with Crippen molar-refractivity contribution in [3.05, 3.63) is 17.3 Å². The Balaban J connectivity index is 2.28. The summed E-state index contributed by atoms with van der Waals surface area (Å²) in [6, 6.07) is 2.42. The molecule has 92 valence electrons. The molecule has 0 radical (unpaired) electrons. The van der Waals surface area contributed by atoms with Gasteiger partial charge in [-0.05, 0) is 19.4 Å². The van der Waals surface area contributed by atoms with Gasteiger partial charge in [0.15, 0.2) is 0 Å². The van der Waals surface area contributed by atoms with E-state index in [-0.39, 0.29) is 0 Å². The van der Waals surface area contributed by atoms with Crippen molar-refractivity contribution in [1.29, 1.82) is 0 Å². The van der Waals surface area contributed by atoms with Crippen LogP contribution in [0.25, 0.3) is 10.2 Å². The fourth-order valence-corrected chi connectivity index (χ4v) is 2.73. The summed E-state index contributed by atoms with van der Waals surface area (Å²) in [6.45, 7) is 4.87. The minimum atomic E-state index is 0.290. The van der Waals surface area contributed by atoms with Gasteiger partial charge in [-0.3, -0.25) is 0 Å². The van der Waals surface area contributed by atoms with Crippen molar-refractivity contribution in [3.63, 3.8) is 0 Å². The van der Waals surface area contributed by atoms with Gasteiger partial charge in [-0.25, -0.2) is 9.97 Å². The van der Waals surface area contributed by atoms with Gasteiger partial charge < -0.3 is 11.1 Å². The summed E-state index contributed by atoms with van der Waals surface area (Å²) >= 11 is 1.69. The van der Waals surface area contributed by atoms with Gasteiger partial charge >= 0.3 is 0 Å². The Morgan fingerprint density at radius 1 is 1.47 bits per heavy atom. The molecule has 0 saturated heterocycles. The maximum Gasteiger partial charge on any atom is 0.138 e. The van der Waals surface area contributed by atoms with E-state index in [4.69, 9.17) is 5.73 Å². The van der Waals surface area contributed by atoms with Gasteiger partial charge in [-0.15, -0.1) is 11.3 Å². The molecule has 0 amide bonds. The molecule has 2 heterocycles. The summed E-state index contributed by atoms with van der Waals surface area (Å²) in [6.07, 6.45) is 3.79. The molecule has 5 heteroatoms. The SMILES string of the molecule is CCCC(CN)Nc1ncnc2sc(C)cc12. The van der Waals surface area contributed by atoms with Crippen molar-refractivity contribution in [2.75, 3.05) is 11.9 Å². The quantitative estimate of drug-likeness (QED) is 0.856. The molecule has 0 aliphatic carbocycles. The minimum Gasteiger partial charge on any atom is -0.365 e. The summed E-state index contributed by atoms with van der Waals surface area (Å²) in [4.78, 5) is 10.9.